The molecule has 0 unspecified atom stereocenters. The molecule has 1 aliphatic heterocycles. The summed E-state index contributed by atoms with van der Waals surface area (Å²) in [5.74, 6) is 0.485. The number of anilines is 1. The Bertz CT molecular complexity index is 721. The number of hydrogen-bond acceptors (Lipinski definition) is 4. The predicted octanol–water partition coefficient (Wildman–Crippen LogP) is 2.68. The number of benzene rings is 2. The molecule has 124 valence electrons. The van der Waals surface area contributed by atoms with E-state index < -0.39 is 5.25 Å². The number of carbonyl (C=O) groups is 2. The Morgan fingerprint density at radius 1 is 1.12 bits per heavy atom. The molecule has 0 bridgehead atoms. The number of thioether (sulfide) groups is 1. The van der Waals surface area contributed by atoms with Crippen LogP contribution in [-0.2, 0) is 9.59 Å². The van der Waals surface area contributed by atoms with Crippen molar-refractivity contribution >= 4 is 29.3 Å². The summed E-state index contributed by atoms with van der Waals surface area (Å²) >= 11 is 1.43. The molecule has 0 saturated heterocycles. The minimum atomic E-state index is -0.407. The van der Waals surface area contributed by atoms with Crippen molar-refractivity contribution in [3.63, 3.8) is 0 Å². The molecule has 1 heterocycles. The Morgan fingerprint density at radius 2 is 1.88 bits per heavy atom. The molecule has 0 aliphatic carbocycles. The lowest BCUT2D eigenvalue weighted by molar-refractivity contribution is -0.124. The molecule has 2 aromatic carbocycles. The van der Waals surface area contributed by atoms with Crippen molar-refractivity contribution in [2.75, 3.05) is 18.5 Å². The molecule has 1 atom stereocenters. The average molecular weight is 342 g/mol. The SMILES string of the molecule is O=C(C[C@H]1Sc2ccccc2NC1=O)NCCOc1ccccc1. The Hall–Kier alpha value is -2.47. The largest absolute Gasteiger partial charge is 0.492 e. The van der Waals surface area contributed by atoms with Gasteiger partial charge in [-0.25, -0.2) is 0 Å². The molecule has 2 aromatic rings. The molecule has 0 saturated carbocycles. The second-order valence-corrected chi connectivity index (χ2v) is 6.55. The van der Waals surface area contributed by atoms with Crippen LogP contribution in [0.15, 0.2) is 59.5 Å². The number of nitrogens with one attached hydrogen (secondary N) is 2. The summed E-state index contributed by atoms with van der Waals surface area (Å²) in [6.45, 7) is 0.798. The Morgan fingerprint density at radius 3 is 2.71 bits per heavy atom. The van der Waals surface area contributed by atoms with Crippen LogP contribution in [0, 0.1) is 0 Å². The van der Waals surface area contributed by atoms with E-state index in [1.165, 1.54) is 11.8 Å². The number of rotatable bonds is 6. The minimum absolute atomic E-state index is 0.130. The number of ether oxygens (including phenoxy) is 1. The standard InChI is InChI=1S/C18H18N2O3S/c21-17(19-10-11-23-13-6-2-1-3-7-13)12-16-18(22)20-14-8-4-5-9-15(14)24-16/h1-9,16H,10-12H2,(H,19,21)(H,20,22)/t16-/m1/s1. The number of carbonyl (C=O) groups excluding carboxylic acids is 2. The summed E-state index contributed by atoms with van der Waals surface area (Å²) < 4.78 is 5.51. The highest BCUT2D eigenvalue weighted by Crippen LogP contribution is 2.36. The average Bonchev–Trinajstić information content (AvgIpc) is 2.60. The molecular formula is C18H18N2O3S. The van der Waals surface area contributed by atoms with E-state index in [9.17, 15) is 9.59 Å². The number of para-hydroxylation sites is 2. The topological polar surface area (TPSA) is 67.4 Å². The molecular weight excluding hydrogens is 324 g/mol. The lowest BCUT2D eigenvalue weighted by Gasteiger charge is -2.23. The summed E-state index contributed by atoms with van der Waals surface area (Å²) in [5, 5.41) is 5.22. The molecule has 0 radical (unpaired) electrons. The third-order valence-corrected chi connectivity index (χ3v) is 4.79. The van der Waals surface area contributed by atoms with E-state index in [1.54, 1.807) is 0 Å². The zero-order valence-corrected chi connectivity index (χ0v) is 13.8. The molecule has 0 spiro atoms. The van der Waals surface area contributed by atoms with Crippen LogP contribution in [0.1, 0.15) is 6.42 Å². The molecule has 0 fully saturated rings. The fraction of sp³-hybridized carbons (Fsp3) is 0.222. The van der Waals surface area contributed by atoms with Crippen LogP contribution >= 0.6 is 11.8 Å². The maximum atomic E-state index is 12.1. The van der Waals surface area contributed by atoms with Crippen molar-refractivity contribution in [3.8, 4) is 5.75 Å². The second kappa shape index (κ2) is 7.88. The monoisotopic (exact) mass is 342 g/mol. The molecule has 2 amide bonds. The van der Waals surface area contributed by atoms with Crippen molar-refractivity contribution in [2.24, 2.45) is 0 Å². The normalized spacial score (nSPS) is 16.0. The van der Waals surface area contributed by atoms with E-state index >= 15 is 0 Å². The van der Waals surface area contributed by atoms with Gasteiger partial charge in [0, 0.05) is 11.3 Å². The summed E-state index contributed by atoms with van der Waals surface area (Å²) in [7, 11) is 0. The quantitative estimate of drug-likeness (QED) is 0.792. The first-order valence-corrected chi connectivity index (χ1v) is 8.61. The summed E-state index contributed by atoms with van der Waals surface area (Å²) in [5.41, 5.74) is 0.806. The highest BCUT2D eigenvalue weighted by Gasteiger charge is 2.28. The van der Waals surface area contributed by atoms with Crippen molar-refractivity contribution in [2.45, 2.75) is 16.6 Å². The highest BCUT2D eigenvalue weighted by atomic mass is 32.2. The van der Waals surface area contributed by atoms with Crippen LogP contribution in [0.3, 0.4) is 0 Å². The maximum absolute atomic E-state index is 12.1. The molecule has 0 aromatic heterocycles. The Balaban J connectivity index is 1.43. The predicted molar refractivity (Wildman–Crippen MR) is 94.3 cm³/mol. The fourth-order valence-electron chi connectivity index (χ4n) is 2.34. The van der Waals surface area contributed by atoms with Gasteiger partial charge in [0.2, 0.25) is 11.8 Å². The molecule has 6 heteroatoms. The van der Waals surface area contributed by atoms with Gasteiger partial charge in [-0.3, -0.25) is 9.59 Å². The van der Waals surface area contributed by atoms with Crippen molar-refractivity contribution in [1.29, 1.82) is 0 Å². The van der Waals surface area contributed by atoms with E-state index in [0.717, 1.165) is 16.3 Å². The molecule has 5 nitrogen and oxygen atoms in total. The fourth-order valence-corrected chi connectivity index (χ4v) is 3.45. The van der Waals surface area contributed by atoms with Crippen molar-refractivity contribution in [3.05, 3.63) is 54.6 Å². The van der Waals surface area contributed by atoms with Gasteiger partial charge in [0.1, 0.15) is 12.4 Å². The maximum Gasteiger partial charge on any atom is 0.238 e. The van der Waals surface area contributed by atoms with Crippen LogP contribution in [0.25, 0.3) is 0 Å². The smallest absolute Gasteiger partial charge is 0.238 e. The molecule has 24 heavy (non-hydrogen) atoms. The van der Waals surface area contributed by atoms with Crippen molar-refractivity contribution in [1.82, 2.24) is 5.32 Å². The number of amides is 2. The van der Waals surface area contributed by atoms with Gasteiger partial charge in [-0.05, 0) is 24.3 Å². The Kier molecular flexibility index (Phi) is 5.38. The molecule has 3 rings (SSSR count). The van der Waals surface area contributed by atoms with Gasteiger partial charge in [-0.15, -0.1) is 11.8 Å². The highest BCUT2D eigenvalue weighted by molar-refractivity contribution is 8.01. The van der Waals surface area contributed by atoms with E-state index in [4.69, 9.17) is 4.74 Å². The van der Waals surface area contributed by atoms with Crippen LogP contribution in [-0.4, -0.2) is 30.2 Å². The van der Waals surface area contributed by atoms with E-state index in [2.05, 4.69) is 10.6 Å². The first kappa shape index (κ1) is 16.4. The summed E-state index contributed by atoms with van der Waals surface area (Å²) in [4.78, 5) is 25.1. The minimum Gasteiger partial charge on any atom is -0.492 e. The van der Waals surface area contributed by atoms with Gasteiger partial charge in [-0.1, -0.05) is 30.3 Å². The van der Waals surface area contributed by atoms with Gasteiger partial charge in [0.05, 0.1) is 17.5 Å². The summed E-state index contributed by atoms with van der Waals surface area (Å²) in [6.07, 6.45) is 0.149. The van der Waals surface area contributed by atoms with E-state index in [0.29, 0.717) is 13.2 Å². The first-order valence-electron chi connectivity index (χ1n) is 7.73. The third-order valence-electron chi connectivity index (χ3n) is 3.51. The van der Waals surface area contributed by atoms with Crippen LogP contribution in [0.4, 0.5) is 5.69 Å². The molecule has 1 aliphatic rings. The van der Waals surface area contributed by atoms with Crippen molar-refractivity contribution < 1.29 is 14.3 Å². The molecule has 2 N–H and O–H groups in total. The number of hydrogen-bond donors (Lipinski definition) is 2. The van der Waals surface area contributed by atoms with Gasteiger partial charge in [0.25, 0.3) is 0 Å². The van der Waals surface area contributed by atoms with Gasteiger partial charge in [0.15, 0.2) is 0 Å². The van der Waals surface area contributed by atoms with Crippen LogP contribution in [0.5, 0.6) is 5.75 Å². The Labute approximate surface area is 144 Å². The van der Waals surface area contributed by atoms with Crippen LogP contribution < -0.4 is 15.4 Å². The van der Waals surface area contributed by atoms with E-state index in [-0.39, 0.29) is 18.2 Å². The van der Waals surface area contributed by atoms with Gasteiger partial charge < -0.3 is 15.4 Å². The zero-order chi connectivity index (χ0) is 16.8. The second-order valence-electron chi connectivity index (χ2n) is 5.31. The lowest BCUT2D eigenvalue weighted by atomic mass is 10.2. The summed E-state index contributed by atoms with van der Waals surface area (Å²) in [6, 6.07) is 17.0. The zero-order valence-electron chi connectivity index (χ0n) is 13.0. The van der Waals surface area contributed by atoms with Gasteiger partial charge in [-0.2, -0.15) is 0 Å². The first-order chi connectivity index (χ1) is 11.7. The number of fused-ring (bicyclic) bond motifs is 1. The lowest BCUT2D eigenvalue weighted by Crippen LogP contribution is -2.36. The van der Waals surface area contributed by atoms with Gasteiger partial charge >= 0.3 is 0 Å². The van der Waals surface area contributed by atoms with Crippen LogP contribution in [0.2, 0.25) is 0 Å². The van der Waals surface area contributed by atoms with E-state index in [1.807, 2.05) is 54.6 Å². The third kappa shape index (κ3) is 4.29.